The van der Waals surface area contributed by atoms with Crippen molar-refractivity contribution in [2.24, 2.45) is 16.2 Å². The second-order valence-electron chi connectivity index (χ2n) is 7.48. The summed E-state index contributed by atoms with van der Waals surface area (Å²) < 4.78 is 0. The van der Waals surface area contributed by atoms with Gasteiger partial charge in [0.15, 0.2) is 5.78 Å². The average molecular weight is 364 g/mol. The normalized spacial score (nSPS) is 35.7. The van der Waals surface area contributed by atoms with Gasteiger partial charge in [-0.2, -0.15) is 0 Å². The third-order valence-corrected chi connectivity index (χ3v) is 7.63. The number of Topliss-reactive ketones (excluding diaryl/α,β-unsaturated/α-hetero) is 1. The molecule has 4 heteroatoms. The summed E-state index contributed by atoms with van der Waals surface area (Å²) in [7, 11) is 0. The zero-order chi connectivity index (χ0) is 16.3. The molecule has 0 saturated heterocycles. The van der Waals surface area contributed by atoms with Gasteiger partial charge in [-0.1, -0.05) is 54.4 Å². The number of aryl methyl sites for hydroxylation is 1. The number of halogens is 1. The maximum Gasteiger partial charge on any atom is 0.232 e. The van der Waals surface area contributed by atoms with Crippen molar-refractivity contribution in [1.82, 2.24) is 0 Å². The quantitative estimate of drug-likeness (QED) is 0.804. The summed E-state index contributed by atoms with van der Waals surface area (Å²) in [5.74, 6) is 0.126. The van der Waals surface area contributed by atoms with Crippen LogP contribution in [-0.2, 0) is 9.59 Å². The van der Waals surface area contributed by atoms with Crippen molar-refractivity contribution in [1.29, 1.82) is 0 Å². The van der Waals surface area contributed by atoms with Crippen LogP contribution in [0.25, 0.3) is 0 Å². The smallest absolute Gasteiger partial charge is 0.232 e. The highest BCUT2D eigenvalue weighted by Gasteiger charge is 2.76. The van der Waals surface area contributed by atoms with Crippen molar-refractivity contribution in [3.8, 4) is 0 Å². The molecule has 3 nitrogen and oxygen atoms in total. The van der Waals surface area contributed by atoms with E-state index in [1.807, 2.05) is 38.1 Å². The molecular weight excluding hydrogens is 342 g/mol. The lowest BCUT2D eigenvalue weighted by Crippen LogP contribution is -2.47. The topological polar surface area (TPSA) is 46.2 Å². The van der Waals surface area contributed by atoms with E-state index in [2.05, 4.69) is 35.1 Å². The number of alkyl halides is 1. The van der Waals surface area contributed by atoms with E-state index in [4.69, 9.17) is 0 Å². The minimum atomic E-state index is -0.677. The van der Waals surface area contributed by atoms with Crippen LogP contribution in [0.5, 0.6) is 0 Å². The number of amides is 1. The summed E-state index contributed by atoms with van der Waals surface area (Å²) in [5, 5.41) is 3.03. The molecule has 22 heavy (non-hydrogen) atoms. The zero-order valence-electron chi connectivity index (χ0n) is 13.5. The molecule has 118 valence electrons. The molecule has 0 spiro atoms. The minimum Gasteiger partial charge on any atom is -0.326 e. The maximum absolute atomic E-state index is 13.1. The van der Waals surface area contributed by atoms with Crippen LogP contribution in [0.1, 0.15) is 39.2 Å². The van der Waals surface area contributed by atoms with E-state index in [-0.39, 0.29) is 17.1 Å². The second kappa shape index (κ2) is 4.67. The molecule has 1 aromatic rings. The number of benzene rings is 1. The van der Waals surface area contributed by atoms with Crippen LogP contribution in [0.3, 0.4) is 0 Å². The van der Waals surface area contributed by atoms with Gasteiger partial charge < -0.3 is 5.32 Å². The van der Waals surface area contributed by atoms with E-state index in [0.717, 1.165) is 24.1 Å². The van der Waals surface area contributed by atoms with Crippen molar-refractivity contribution >= 4 is 33.3 Å². The molecule has 2 saturated carbocycles. The van der Waals surface area contributed by atoms with Gasteiger partial charge in [-0.15, -0.1) is 0 Å². The first kappa shape index (κ1) is 15.7. The fraction of sp³-hybridized carbons (Fsp3) is 0.556. The largest absolute Gasteiger partial charge is 0.326 e. The average Bonchev–Trinajstić information content (AvgIpc) is 2.74. The molecule has 2 aliphatic rings. The Hall–Kier alpha value is -1.16. The predicted octanol–water partition coefficient (Wildman–Crippen LogP) is 4.09. The van der Waals surface area contributed by atoms with Crippen LogP contribution in [0.2, 0.25) is 0 Å². The molecule has 2 bridgehead atoms. The molecule has 3 rings (SSSR count). The number of fused-ring (bicyclic) bond motifs is 2. The zero-order valence-corrected chi connectivity index (χ0v) is 15.1. The number of anilines is 1. The Morgan fingerprint density at radius 1 is 1.18 bits per heavy atom. The Morgan fingerprint density at radius 2 is 1.77 bits per heavy atom. The number of carbonyl (C=O) groups excluding carboxylic acids is 2. The van der Waals surface area contributed by atoms with Crippen LogP contribution < -0.4 is 5.32 Å². The van der Waals surface area contributed by atoms with Gasteiger partial charge in [0, 0.05) is 11.1 Å². The maximum atomic E-state index is 13.1. The molecule has 0 heterocycles. The first-order valence-electron chi connectivity index (χ1n) is 7.73. The molecule has 1 N–H and O–H groups in total. The Bertz CT molecular complexity index is 652. The molecule has 2 aliphatic carbocycles. The lowest BCUT2D eigenvalue weighted by atomic mass is 9.64. The SMILES string of the molecule is Cc1ccc(NC(=O)C23CCC(C)(C(=O)[C@H]2Br)C3(C)C)cc1. The van der Waals surface area contributed by atoms with E-state index in [9.17, 15) is 9.59 Å². The molecule has 0 aromatic heterocycles. The first-order valence-corrected chi connectivity index (χ1v) is 8.65. The highest BCUT2D eigenvalue weighted by Crippen LogP contribution is 2.72. The highest BCUT2D eigenvalue weighted by molar-refractivity contribution is 9.10. The van der Waals surface area contributed by atoms with Crippen molar-refractivity contribution in [3.05, 3.63) is 29.8 Å². The van der Waals surface area contributed by atoms with Crippen LogP contribution in [-0.4, -0.2) is 16.5 Å². The van der Waals surface area contributed by atoms with Crippen molar-refractivity contribution in [3.63, 3.8) is 0 Å². The standard InChI is InChI=1S/C18H22BrNO2/c1-11-5-7-12(8-6-11)20-15(22)18-10-9-17(4,16(18,2)3)14(21)13(18)19/h5-8,13H,9-10H2,1-4H3,(H,20,22)/t13-,17?,18?/m1/s1. The summed E-state index contributed by atoms with van der Waals surface area (Å²) in [4.78, 5) is 25.4. The molecule has 1 amide bonds. The Morgan fingerprint density at radius 3 is 2.27 bits per heavy atom. The third kappa shape index (κ3) is 1.67. The van der Waals surface area contributed by atoms with E-state index < -0.39 is 15.7 Å². The summed E-state index contributed by atoms with van der Waals surface area (Å²) in [6.07, 6.45) is 1.53. The third-order valence-electron chi connectivity index (χ3n) is 6.44. The number of ketones is 1. The number of hydrogen-bond donors (Lipinski definition) is 1. The van der Waals surface area contributed by atoms with Crippen LogP contribution in [0.4, 0.5) is 5.69 Å². The first-order chi connectivity index (χ1) is 10.2. The molecular formula is C18H22BrNO2. The van der Waals surface area contributed by atoms with Gasteiger partial charge in [0.1, 0.15) is 0 Å². The molecule has 0 radical (unpaired) electrons. The minimum absolute atomic E-state index is 0.0437. The Labute approximate surface area is 140 Å². The van der Waals surface area contributed by atoms with Gasteiger partial charge in [0.25, 0.3) is 0 Å². The van der Waals surface area contributed by atoms with Crippen LogP contribution in [0, 0.1) is 23.2 Å². The van der Waals surface area contributed by atoms with E-state index in [1.165, 1.54) is 0 Å². The lowest BCUT2D eigenvalue weighted by molar-refractivity contribution is -0.130. The summed E-state index contributed by atoms with van der Waals surface area (Å²) in [6.45, 7) is 8.15. The number of hydrogen-bond acceptors (Lipinski definition) is 2. The van der Waals surface area contributed by atoms with Gasteiger partial charge in [-0.3, -0.25) is 9.59 Å². The number of carbonyl (C=O) groups is 2. The van der Waals surface area contributed by atoms with E-state index in [1.54, 1.807) is 0 Å². The molecule has 0 aliphatic heterocycles. The van der Waals surface area contributed by atoms with Gasteiger partial charge >= 0.3 is 0 Å². The van der Waals surface area contributed by atoms with Crippen molar-refractivity contribution in [2.45, 2.75) is 45.4 Å². The summed E-state index contributed by atoms with van der Waals surface area (Å²) in [5.41, 5.74) is 0.475. The summed E-state index contributed by atoms with van der Waals surface area (Å²) in [6, 6.07) is 7.77. The Kier molecular flexibility index (Phi) is 3.34. The number of rotatable bonds is 2. The molecule has 2 fully saturated rings. The van der Waals surface area contributed by atoms with E-state index in [0.29, 0.717) is 0 Å². The van der Waals surface area contributed by atoms with E-state index >= 15 is 0 Å². The van der Waals surface area contributed by atoms with Gasteiger partial charge in [-0.25, -0.2) is 0 Å². The van der Waals surface area contributed by atoms with Crippen LogP contribution in [0.15, 0.2) is 24.3 Å². The fourth-order valence-corrected chi connectivity index (χ4v) is 5.85. The molecule has 2 unspecified atom stereocenters. The highest BCUT2D eigenvalue weighted by atomic mass is 79.9. The fourth-order valence-electron chi connectivity index (χ4n) is 4.33. The van der Waals surface area contributed by atoms with Gasteiger partial charge in [0.05, 0.1) is 10.2 Å². The van der Waals surface area contributed by atoms with Crippen molar-refractivity contribution < 1.29 is 9.59 Å². The molecule has 1 aromatic carbocycles. The van der Waals surface area contributed by atoms with Crippen LogP contribution >= 0.6 is 15.9 Å². The van der Waals surface area contributed by atoms with Gasteiger partial charge in [-0.05, 0) is 37.3 Å². The number of nitrogens with one attached hydrogen (secondary N) is 1. The monoisotopic (exact) mass is 363 g/mol. The van der Waals surface area contributed by atoms with Crippen molar-refractivity contribution in [2.75, 3.05) is 5.32 Å². The Balaban J connectivity index is 1.97. The molecule has 3 atom stereocenters. The predicted molar refractivity (Wildman–Crippen MR) is 91.1 cm³/mol. The summed E-state index contributed by atoms with van der Waals surface area (Å²) >= 11 is 3.54. The second-order valence-corrected chi connectivity index (χ2v) is 8.39. The lowest BCUT2D eigenvalue weighted by Gasteiger charge is -2.39. The van der Waals surface area contributed by atoms with Gasteiger partial charge in [0.2, 0.25) is 5.91 Å².